The summed E-state index contributed by atoms with van der Waals surface area (Å²) in [6, 6.07) is 5.41. The summed E-state index contributed by atoms with van der Waals surface area (Å²) in [6.07, 6.45) is 5.68. The van der Waals surface area contributed by atoms with Gasteiger partial charge in [-0.3, -0.25) is 4.79 Å². The second-order valence-electron chi connectivity index (χ2n) is 6.04. The van der Waals surface area contributed by atoms with Gasteiger partial charge >= 0.3 is 5.97 Å². The minimum atomic E-state index is -0.805. The molecule has 1 unspecified atom stereocenters. The predicted octanol–water partition coefficient (Wildman–Crippen LogP) is 4.64. The highest BCUT2D eigenvalue weighted by molar-refractivity contribution is 5.77. The lowest BCUT2D eigenvalue weighted by Gasteiger charge is -2.17. The minimum Gasteiger partial charge on any atom is -0.496 e. The molecule has 0 amide bonds. The summed E-state index contributed by atoms with van der Waals surface area (Å²) in [6.45, 7) is 6.04. The number of hydrogen-bond acceptors (Lipinski definition) is 4. The second-order valence-corrected chi connectivity index (χ2v) is 6.04. The van der Waals surface area contributed by atoms with Crippen molar-refractivity contribution in [1.82, 2.24) is 0 Å². The monoisotopic (exact) mass is 352 g/mol. The molecule has 25 heavy (non-hydrogen) atoms. The Kier molecular flexibility index (Phi) is 10.7. The van der Waals surface area contributed by atoms with E-state index in [0.717, 1.165) is 32.1 Å². The molecular formula is C20H32O5. The molecule has 0 radical (unpaired) electrons. The van der Waals surface area contributed by atoms with Crippen LogP contribution < -0.4 is 9.47 Å². The Balaban J connectivity index is 2.71. The number of hydrogen-bond donors (Lipinski definition) is 1. The number of carbonyl (C=O) groups is 1. The zero-order valence-corrected chi connectivity index (χ0v) is 15.8. The standard InChI is InChI=1S/C20H32O5/c1-4-6-7-8-10-18(20(21)22)17-12-11-16(15-19(17)23-3)25-14-9-13-24-5-2/h11-12,15,18H,4-10,13-14H2,1-3H3,(H,21,22). The third kappa shape index (κ3) is 7.78. The van der Waals surface area contributed by atoms with Crippen LogP contribution in [0.25, 0.3) is 0 Å². The van der Waals surface area contributed by atoms with Gasteiger partial charge in [0, 0.05) is 31.3 Å². The van der Waals surface area contributed by atoms with Crippen molar-refractivity contribution in [2.75, 3.05) is 26.9 Å². The molecule has 0 saturated carbocycles. The summed E-state index contributed by atoms with van der Waals surface area (Å²) in [5.41, 5.74) is 0.716. The Hall–Kier alpha value is -1.75. The van der Waals surface area contributed by atoms with Gasteiger partial charge in [0.2, 0.25) is 0 Å². The van der Waals surface area contributed by atoms with Crippen molar-refractivity contribution >= 4 is 5.97 Å². The summed E-state index contributed by atoms with van der Waals surface area (Å²) in [4.78, 5) is 11.7. The van der Waals surface area contributed by atoms with E-state index in [2.05, 4.69) is 6.92 Å². The molecule has 0 aliphatic carbocycles. The van der Waals surface area contributed by atoms with E-state index in [4.69, 9.17) is 14.2 Å². The fourth-order valence-electron chi connectivity index (χ4n) is 2.75. The smallest absolute Gasteiger partial charge is 0.311 e. The Labute approximate surface area is 151 Å². The van der Waals surface area contributed by atoms with Crippen molar-refractivity contribution in [3.8, 4) is 11.5 Å². The molecule has 1 aromatic carbocycles. The van der Waals surface area contributed by atoms with Crippen LogP contribution in [0, 0.1) is 0 Å². The van der Waals surface area contributed by atoms with Gasteiger partial charge in [-0.2, -0.15) is 0 Å². The molecule has 0 spiro atoms. The lowest BCUT2D eigenvalue weighted by Crippen LogP contribution is -2.13. The van der Waals surface area contributed by atoms with E-state index in [1.54, 1.807) is 13.2 Å². The molecule has 0 aliphatic rings. The van der Waals surface area contributed by atoms with Crippen LogP contribution in [0.15, 0.2) is 18.2 Å². The summed E-state index contributed by atoms with van der Waals surface area (Å²) < 4.78 is 16.4. The number of carboxylic acids is 1. The molecule has 0 aliphatic heterocycles. The van der Waals surface area contributed by atoms with Crippen molar-refractivity contribution in [2.45, 2.75) is 58.3 Å². The number of aliphatic carboxylic acids is 1. The van der Waals surface area contributed by atoms with Crippen molar-refractivity contribution in [1.29, 1.82) is 0 Å². The highest BCUT2D eigenvalue weighted by atomic mass is 16.5. The highest BCUT2D eigenvalue weighted by Crippen LogP contribution is 2.34. The SMILES string of the molecule is CCCCCCC(C(=O)O)c1ccc(OCCCOCC)cc1OC. The topological polar surface area (TPSA) is 65.0 Å². The van der Waals surface area contributed by atoms with Gasteiger partial charge in [0.25, 0.3) is 0 Å². The number of ether oxygens (including phenoxy) is 3. The first kappa shape index (κ1) is 21.3. The van der Waals surface area contributed by atoms with Crippen LogP contribution in [0.4, 0.5) is 0 Å². The Morgan fingerprint density at radius 3 is 2.56 bits per heavy atom. The Morgan fingerprint density at radius 1 is 1.12 bits per heavy atom. The van der Waals surface area contributed by atoms with E-state index in [9.17, 15) is 9.90 Å². The van der Waals surface area contributed by atoms with Crippen molar-refractivity contribution in [3.63, 3.8) is 0 Å². The maximum Gasteiger partial charge on any atom is 0.311 e. The first-order valence-electron chi connectivity index (χ1n) is 9.25. The molecular weight excluding hydrogens is 320 g/mol. The van der Waals surface area contributed by atoms with Gasteiger partial charge in [0.15, 0.2) is 0 Å². The third-order valence-electron chi connectivity index (χ3n) is 4.13. The maximum atomic E-state index is 11.7. The van der Waals surface area contributed by atoms with Crippen LogP contribution in [0.5, 0.6) is 11.5 Å². The second kappa shape index (κ2) is 12.6. The van der Waals surface area contributed by atoms with Crippen molar-refractivity contribution in [3.05, 3.63) is 23.8 Å². The molecule has 0 heterocycles. The zero-order chi connectivity index (χ0) is 18.5. The first-order valence-corrected chi connectivity index (χ1v) is 9.25. The highest BCUT2D eigenvalue weighted by Gasteiger charge is 2.23. The molecule has 1 rings (SSSR count). The van der Waals surface area contributed by atoms with Crippen LogP contribution in [0.2, 0.25) is 0 Å². The largest absolute Gasteiger partial charge is 0.496 e. The maximum absolute atomic E-state index is 11.7. The fourth-order valence-corrected chi connectivity index (χ4v) is 2.75. The van der Waals surface area contributed by atoms with E-state index in [-0.39, 0.29) is 0 Å². The van der Waals surface area contributed by atoms with E-state index in [1.165, 1.54) is 0 Å². The number of rotatable bonds is 14. The average molecular weight is 352 g/mol. The molecule has 0 fully saturated rings. The van der Waals surface area contributed by atoms with Gasteiger partial charge in [-0.1, -0.05) is 38.7 Å². The van der Waals surface area contributed by atoms with Crippen LogP contribution in [-0.4, -0.2) is 38.0 Å². The van der Waals surface area contributed by atoms with E-state index in [0.29, 0.717) is 43.3 Å². The molecule has 5 heteroatoms. The molecule has 1 aromatic rings. The first-order chi connectivity index (χ1) is 12.1. The van der Waals surface area contributed by atoms with E-state index < -0.39 is 11.9 Å². The van der Waals surface area contributed by atoms with Gasteiger partial charge < -0.3 is 19.3 Å². The summed E-state index contributed by atoms with van der Waals surface area (Å²) in [7, 11) is 1.56. The predicted molar refractivity (Wildman–Crippen MR) is 98.7 cm³/mol. The average Bonchev–Trinajstić information content (AvgIpc) is 2.61. The van der Waals surface area contributed by atoms with Crippen LogP contribution in [-0.2, 0) is 9.53 Å². The molecule has 5 nitrogen and oxygen atoms in total. The number of benzene rings is 1. The van der Waals surface area contributed by atoms with Gasteiger partial charge in [0.1, 0.15) is 11.5 Å². The quantitative estimate of drug-likeness (QED) is 0.494. The lowest BCUT2D eigenvalue weighted by molar-refractivity contribution is -0.139. The molecule has 1 N–H and O–H groups in total. The normalized spacial score (nSPS) is 12.0. The van der Waals surface area contributed by atoms with Gasteiger partial charge in [-0.25, -0.2) is 0 Å². The van der Waals surface area contributed by atoms with Gasteiger partial charge in [0.05, 0.1) is 19.6 Å². The molecule has 0 aromatic heterocycles. The number of methoxy groups -OCH3 is 1. The molecule has 142 valence electrons. The van der Waals surface area contributed by atoms with Crippen molar-refractivity contribution < 1.29 is 24.1 Å². The minimum absolute atomic E-state index is 0.543. The van der Waals surface area contributed by atoms with Gasteiger partial charge in [-0.05, 0) is 19.4 Å². The van der Waals surface area contributed by atoms with Crippen LogP contribution >= 0.6 is 0 Å². The third-order valence-corrected chi connectivity index (χ3v) is 4.13. The Morgan fingerprint density at radius 2 is 1.92 bits per heavy atom. The van der Waals surface area contributed by atoms with E-state index >= 15 is 0 Å². The number of unbranched alkanes of at least 4 members (excludes halogenated alkanes) is 3. The molecule has 0 saturated heterocycles. The number of carboxylic acid groups (broad SMARTS) is 1. The molecule has 1 atom stereocenters. The fraction of sp³-hybridized carbons (Fsp3) is 0.650. The lowest BCUT2D eigenvalue weighted by atomic mass is 9.92. The van der Waals surface area contributed by atoms with E-state index in [1.807, 2.05) is 19.1 Å². The zero-order valence-electron chi connectivity index (χ0n) is 15.8. The summed E-state index contributed by atoms with van der Waals surface area (Å²) in [5.74, 6) is -0.0867. The van der Waals surface area contributed by atoms with Crippen LogP contribution in [0.1, 0.15) is 63.9 Å². The van der Waals surface area contributed by atoms with Gasteiger partial charge in [-0.15, -0.1) is 0 Å². The molecule has 0 bridgehead atoms. The summed E-state index contributed by atoms with van der Waals surface area (Å²) >= 11 is 0. The summed E-state index contributed by atoms with van der Waals surface area (Å²) in [5, 5.41) is 9.60. The van der Waals surface area contributed by atoms with Crippen molar-refractivity contribution in [2.24, 2.45) is 0 Å². The Bertz CT molecular complexity index is 501. The van der Waals surface area contributed by atoms with Crippen LogP contribution in [0.3, 0.4) is 0 Å².